The summed E-state index contributed by atoms with van der Waals surface area (Å²) in [4.78, 5) is 20.6. The number of halogens is 3. The van der Waals surface area contributed by atoms with Crippen LogP contribution in [0, 0.1) is 23.4 Å². The van der Waals surface area contributed by atoms with Crippen LogP contribution in [0.15, 0.2) is 24.4 Å². The molecule has 1 saturated carbocycles. The normalized spacial score (nSPS) is 22.8. The second-order valence-corrected chi connectivity index (χ2v) is 8.09. The molecule has 0 radical (unpaired) electrons. The van der Waals surface area contributed by atoms with Crippen molar-refractivity contribution in [2.45, 2.75) is 38.8 Å². The lowest BCUT2D eigenvalue weighted by molar-refractivity contribution is -0.119. The lowest BCUT2D eigenvalue weighted by atomic mass is 9.82. The Kier molecular flexibility index (Phi) is 5.68. The second kappa shape index (κ2) is 8.28. The van der Waals surface area contributed by atoms with Gasteiger partial charge >= 0.3 is 0 Å². The van der Waals surface area contributed by atoms with E-state index in [2.05, 4.69) is 10.3 Å². The number of likely N-dealkylation sites (N-methyl/N-ethyl adjacent to an activating group) is 2. The molecule has 166 valence electrons. The molecule has 0 unspecified atom stereocenters. The molecule has 2 aliphatic rings. The molecule has 6 nitrogen and oxygen atoms in total. The van der Waals surface area contributed by atoms with Gasteiger partial charge in [-0.1, -0.05) is 0 Å². The van der Waals surface area contributed by atoms with Crippen molar-refractivity contribution in [2.75, 3.05) is 35.3 Å². The first-order chi connectivity index (χ1) is 14.8. The van der Waals surface area contributed by atoms with E-state index in [9.17, 15) is 18.0 Å². The van der Waals surface area contributed by atoms with Crippen molar-refractivity contribution in [2.24, 2.45) is 5.92 Å². The zero-order chi connectivity index (χ0) is 22.3. The number of nitrogens with one attached hydrogen (secondary N) is 1. The molecule has 1 aliphatic carbocycles. The highest BCUT2D eigenvalue weighted by molar-refractivity contribution is 6.05. The van der Waals surface area contributed by atoms with Crippen LogP contribution in [0.4, 0.5) is 30.4 Å². The van der Waals surface area contributed by atoms with Crippen LogP contribution in [0.5, 0.6) is 5.75 Å². The number of carbonyl (C=O) groups excluding carboxylic acids is 1. The van der Waals surface area contributed by atoms with Crippen LogP contribution in [0.25, 0.3) is 0 Å². The van der Waals surface area contributed by atoms with Gasteiger partial charge in [0, 0.05) is 38.3 Å². The Morgan fingerprint density at radius 1 is 1.16 bits per heavy atom. The minimum Gasteiger partial charge on any atom is -0.490 e. The molecule has 1 N–H and O–H groups in total. The minimum atomic E-state index is -1.49. The Hall–Kier alpha value is -2.97. The fraction of sp³-hybridized carbons (Fsp3) is 0.455. The number of nitrogens with zero attached hydrogens (tertiary/aromatic N) is 3. The molecule has 1 aromatic heterocycles. The van der Waals surface area contributed by atoms with E-state index in [0.29, 0.717) is 31.8 Å². The van der Waals surface area contributed by atoms with E-state index in [0.717, 1.165) is 29.3 Å². The van der Waals surface area contributed by atoms with Crippen LogP contribution in [-0.2, 0) is 4.79 Å². The van der Waals surface area contributed by atoms with E-state index in [1.807, 2.05) is 31.9 Å². The standard InChI is InChI=1S/C22H25F3N4O2/c1-4-29-19-11-27-20(9-18(19)28(3)12(2)22(29)30)26-10-13-5-14(6-13)31-15-7-16(23)21(25)17(24)8-15/h7-9,11-14H,4-6,10H2,1-3H3,(H,26,27)/t12-,13-,14-/m0/s1. The zero-order valence-electron chi connectivity index (χ0n) is 17.7. The first-order valence-corrected chi connectivity index (χ1v) is 10.4. The Bertz CT molecular complexity index is 974. The van der Waals surface area contributed by atoms with Crippen molar-refractivity contribution >= 4 is 23.1 Å². The summed E-state index contributed by atoms with van der Waals surface area (Å²) in [5.74, 6) is -2.91. The summed E-state index contributed by atoms with van der Waals surface area (Å²) >= 11 is 0. The van der Waals surface area contributed by atoms with Gasteiger partial charge in [0.05, 0.1) is 23.7 Å². The quantitative estimate of drug-likeness (QED) is 0.698. The van der Waals surface area contributed by atoms with E-state index in [4.69, 9.17) is 4.74 Å². The summed E-state index contributed by atoms with van der Waals surface area (Å²) in [5, 5.41) is 3.32. The highest BCUT2D eigenvalue weighted by atomic mass is 19.2. The van der Waals surface area contributed by atoms with Gasteiger partial charge in [0.1, 0.15) is 17.6 Å². The lowest BCUT2D eigenvalue weighted by Gasteiger charge is -2.39. The van der Waals surface area contributed by atoms with Crippen LogP contribution < -0.4 is 19.9 Å². The Balaban J connectivity index is 1.33. The van der Waals surface area contributed by atoms with Crippen LogP contribution in [0.2, 0.25) is 0 Å². The first-order valence-electron chi connectivity index (χ1n) is 10.4. The molecule has 4 rings (SSSR count). The van der Waals surface area contributed by atoms with Gasteiger partial charge in [-0.15, -0.1) is 0 Å². The molecule has 0 spiro atoms. The predicted octanol–water partition coefficient (Wildman–Crippen LogP) is 3.96. The van der Waals surface area contributed by atoms with Crippen molar-refractivity contribution in [3.8, 4) is 5.75 Å². The van der Waals surface area contributed by atoms with Crippen molar-refractivity contribution in [3.05, 3.63) is 41.8 Å². The van der Waals surface area contributed by atoms with E-state index < -0.39 is 17.5 Å². The van der Waals surface area contributed by atoms with Crippen molar-refractivity contribution in [1.29, 1.82) is 0 Å². The average Bonchev–Trinajstić information content (AvgIpc) is 2.72. The number of hydrogen-bond donors (Lipinski definition) is 1. The van der Waals surface area contributed by atoms with Gasteiger partial charge in [0.2, 0.25) is 5.91 Å². The third-order valence-corrected chi connectivity index (χ3v) is 6.08. The van der Waals surface area contributed by atoms with Gasteiger partial charge in [-0.25, -0.2) is 18.2 Å². The molecule has 0 saturated heterocycles. The number of ether oxygens (including phenoxy) is 1. The summed E-state index contributed by atoms with van der Waals surface area (Å²) < 4.78 is 45.2. The fourth-order valence-corrected chi connectivity index (χ4v) is 4.05. The van der Waals surface area contributed by atoms with Crippen LogP contribution in [-0.4, -0.2) is 43.2 Å². The third-order valence-electron chi connectivity index (χ3n) is 6.08. The average molecular weight is 434 g/mol. The largest absolute Gasteiger partial charge is 0.490 e. The lowest BCUT2D eigenvalue weighted by Crippen LogP contribution is -2.50. The second-order valence-electron chi connectivity index (χ2n) is 8.09. The molecule has 0 bridgehead atoms. The SMILES string of the molecule is CCN1C(=O)[C@H](C)N(C)c2cc(NC[C@H]3C[C@H](Oc4cc(F)c(F)c(F)c4)C3)ncc21. The number of fused-ring (bicyclic) bond motifs is 1. The van der Waals surface area contributed by atoms with E-state index in [-0.39, 0.29) is 23.8 Å². The van der Waals surface area contributed by atoms with Crippen molar-refractivity contribution in [3.63, 3.8) is 0 Å². The third kappa shape index (κ3) is 4.00. The molecule has 31 heavy (non-hydrogen) atoms. The van der Waals surface area contributed by atoms with Crippen molar-refractivity contribution < 1.29 is 22.7 Å². The van der Waals surface area contributed by atoms with E-state index in [1.165, 1.54) is 0 Å². The summed E-state index contributed by atoms with van der Waals surface area (Å²) in [6.07, 6.45) is 2.98. The van der Waals surface area contributed by atoms with Crippen LogP contribution in [0.3, 0.4) is 0 Å². The summed E-state index contributed by atoms with van der Waals surface area (Å²) in [6, 6.07) is 3.43. The Morgan fingerprint density at radius 2 is 1.84 bits per heavy atom. The molecular formula is C22H25F3N4O2. The monoisotopic (exact) mass is 434 g/mol. The maximum absolute atomic E-state index is 13.3. The Morgan fingerprint density at radius 3 is 2.48 bits per heavy atom. The molecular weight excluding hydrogens is 409 g/mol. The predicted molar refractivity (Wildman–Crippen MR) is 112 cm³/mol. The zero-order valence-corrected chi connectivity index (χ0v) is 17.7. The maximum Gasteiger partial charge on any atom is 0.249 e. The maximum atomic E-state index is 13.3. The van der Waals surface area contributed by atoms with Gasteiger partial charge in [-0.05, 0) is 32.6 Å². The van der Waals surface area contributed by atoms with Gasteiger partial charge in [-0.2, -0.15) is 0 Å². The topological polar surface area (TPSA) is 57.7 Å². The number of amides is 1. The van der Waals surface area contributed by atoms with Gasteiger partial charge in [-0.3, -0.25) is 4.79 Å². The van der Waals surface area contributed by atoms with E-state index >= 15 is 0 Å². The molecule has 1 aromatic carbocycles. The molecule has 9 heteroatoms. The fourth-order valence-electron chi connectivity index (χ4n) is 4.05. The Labute approximate surface area is 179 Å². The number of hydrogen-bond acceptors (Lipinski definition) is 5. The molecule has 1 amide bonds. The first kappa shape index (κ1) is 21.3. The van der Waals surface area contributed by atoms with Gasteiger partial charge < -0.3 is 19.9 Å². The van der Waals surface area contributed by atoms with Crippen LogP contribution in [0.1, 0.15) is 26.7 Å². The minimum absolute atomic E-state index is 0.00338. The van der Waals surface area contributed by atoms with Crippen LogP contribution >= 0.6 is 0 Å². The molecule has 1 aliphatic heterocycles. The molecule has 2 heterocycles. The number of aromatic nitrogens is 1. The molecule has 2 aromatic rings. The number of anilines is 3. The van der Waals surface area contributed by atoms with Crippen molar-refractivity contribution in [1.82, 2.24) is 4.98 Å². The molecule has 1 atom stereocenters. The van der Waals surface area contributed by atoms with Gasteiger partial charge in [0.25, 0.3) is 0 Å². The summed E-state index contributed by atoms with van der Waals surface area (Å²) in [7, 11) is 1.90. The van der Waals surface area contributed by atoms with E-state index in [1.54, 1.807) is 11.1 Å². The number of benzene rings is 1. The number of carbonyl (C=O) groups is 1. The molecule has 1 fully saturated rings. The number of pyridine rings is 1. The summed E-state index contributed by atoms with van der Waals surface area (Å²) in [6.45, 7) is 5.09. The summed E-state index contributed by atoms with van der Waals surface area (Å²) in [5.41, 5.74) is 1.75. The smallest absolute Gasteiger partial charge is 0.249 e. The van der Waals surface area contributed by atoms with Gasteiger partial charge in [0.15, 0.2) is 17.5 Å². The highest BCUT2D eigenvalue weighted by Crippen LogP contribution is 2.37. The number of rotatable bonds is 6. The highest BCUT2D eigenvalue weighted by Gasteiger charge is 2.34.